The van der Waals surface area contributed by atoms with Crippen LogP contribution in [-0.4, -0.2) is 31.4 Å². The highest BCUT2D eigenvalue weighted by Gasteiger charge is 2.15. The molecule has 2 heterocycles. The van der Waals surface area contributed by atoms with Gasteiger partial charge in [-0.25, -0.2) is 4.98 Å². The number of nitrogens with one attached hydrogen (secondary N) is 1. The van der Waals surface area contributed by atoms with Gasteiger partial charge in [-0.2, -0.15) is 0 Å². The SMILES string of the molecule is CCn1c(COc2ccc(Cl)cc2)nnc1SCC(=O)Nc1nc(-c2ccc(Cl)cc2)cs1. The van der Waals surface area contributed by atoms with Crippen molar-refractivity contribution in [3.8, 4) is 17.0 Å². The first kappa shape index (κ1) is 23.6. The van der Waals surface area contributed by atoms with E-state index in [1.54, 1.807) is 24.3 Å². The monoisotopic (exact) mass is 519 g/mol. The van der Waals surface area contributed by atoms with Gasteiger partial charge in [0.25, 0.3) is 0 Å². The fourth-order valence-corrected chi connectivity index (χ4v) is 4.71. The van der Waals surface area contributed by atoms with Crippen molar-refractivity contribution in [2.45, 2.75) is 25.2 Å². The quantitative estimate of drug-likeness (QED) is 0.271. The molecule has 0 atom stereocenters. The number of nitrogens with zero attached hydrogens (tertiary/aromatic N) is 4. The third kappa shape index (κ3) is 6.26. The van der Waals surface area contributed by atoms with Crippen LogP contribution in [0.3, 0.4) is 0 Å². The Kier molecular flexibility index (Phi) is 7.87. The van der Waals surface area contributed by atoms with Crippen molar-refractivity contribution in [1.29, 1.82) is 0 Å². The minimum absolute atomic E-state index is 0.165. The molecule has 0 unspecified atom stereocenters. The summed E-state index contributed by atoms with van der Waals surface area (Å²) in [5.41, 5.74) is 1.73. The number of hydrogen-bond acceptors (Lipinski definition) is 7. The highest BCUT2D eigenvalue weighted by molar-refractivity contribution is 7.99. The van der Waals surface area contributed by atoms with Crippen molar-refractivity contribution in [3.63, 3.8) is 0 Å². The number of ether oxygens (including phenoxy) is 1. The van der Waals surface area contributed by atoms with E-state index in [0.29, 0.717) is 38.5 Å². The Morgan fingerprint density at radius 3 is 2.48 bits per heavy atom. The number of anilines is 1. The molecule has 0 bridgehead atoms. The Bertz CT molecular complexity index is 1230. The zero-order chi connectivity index (χ0) is 23.2. The Morgan fingerprint density at radius 1 is 1.09 bits per heavy atom. The number of thiazole rings is 1. The number of halogens is 2. The molecule has 4 rings (SSSR count). The van der Waals surface area contributed by atoms with Crippen LogP contribution in [0.1, 0.15) is 12.7 Å². The average Bonchev–Trinajstić information content (AvgIpc) is 3.44. The fourth-order valence-electron chi connectivity index (χ4n) is 2.90. The molecule has 0 saturated carbocycles. The van der Waals surface area contributed by atoms with E-state index in [9.17, 15) is 4.79 Å². The smallest absolute Gasteiger partial charge is 0.236 e. The van der Waals surface area contributed by atoms with Crippen LogP contribution < -0.4 is 10.1 Å². The maximum absolute atomic E-state index is 12.4. The summed E-state index contributed by atoms with van der Waals surface area (Å²) >= 11 is 14.5. The maximum Gasteiger partial charge on any atom is 0.236 e. The van der Waals surface area contributed by atoms with Gasteiger partial charge in [0.2, 0.25) is 5.91 Å². The molecule has 4 aromatic rings. The summed E-state index contributed by atoms with van der Waals surface area (Å²) in [5.74, 6) is 1.40. The fraction of sp³-hybridized carbons (Fsp3) is 0.182. The van der Waals surface area contributed by atoms with Crippen molar-refractivity contribution in [1.82, 2.24) is 19.7 Å². The zero-order valence-corrected chi connectivity index (χ0v) is 20.6. The van der Waals surface area contributed by atoms with Crippen LogP contribution in [0.2, 0.25) is 10.0 Å². The van der Waals surface area contributed by atoms with Crippen LogP contribution in [0, 0.1) is 0 Å². The minimum Gasteiger partial charge on any atom is -0.486 e. The van der Waals surface area contributed by atoms with Crippen LogP contribution in [0.5, 0.6) is 5.75 Å². The minimum atomic E-state index is -0.165. The van der Waals surface area contributed by atoms with Gasteiger partial charge in [-0.1, -0.05) is 47.1 Å². The second-order valence-electron chi connectivity index (χ2n) is 6.77. The van der Waals surface area contributed by atoms with Crippen LogP contribution in [0.15, 0.2) is 59.1 Å². The first-order valence-electron chi connectivity index (χ1n) is 9.96. The predicted octanol–water partition coefficient (Wildman–Crippen LogP) is 6.04. The molecule has 0 aliphatic rings. The van der Waals surface area contributed by atoms with Gasteiger partial charge < -0.3 is 14.6 Å². The Hall–Kier alpha value is -2.59. The number of amides is 1. The van der Waals surface area contributed by atoms with E-state index in [1.165, 1.54) is 23.1 Å². The molecular weight excluding hydrogens is 501 g/mol. The molecular formula is C22H19Cl2N5O2S2. The molecule has 1 amide bonds. The van der Waals surface area contributed by atoms with Crippen molar-refractivity contribution in [2.24, 2.45) is 0 Å². The summed E-state index contributed by atoms with van der Waals surface area (Å²) in [7, 11) is 0. The van der Waals surface area contributed by atoms with E-state index in [1.807, 2.05) is 41.1 Å². The van der Waals surface area contributed by atoms with Gasteiger partial charge in [-0.15, -0.1) is 21.5 Å². The van der Waals surface area contributed by atoms with Gasteiger partial charge >= 0.3 is 0 Å². The van der Waals surface area contributed by atoms with Crippen LogP contribution in [0.25, 0.3) is 11.3 Å². The summed E-state index contributed by atoms with van der Waals surface area (Å²) in [6, 6.07) is 14.5. The lowest BCUT2D eigenvalue weighted by atomic mass is 10.2. The second-order valence-corrected chi connectivity index (χ2v) is 9.44. The van der Waals surface area contributed by atoms with Crippen LogP contribution in [-0.2, 0) is 17.9 Å². The summed E-state index contributed by atoms with van der Waals surface area (Å²) in [4.78, 5) is 16.9. The Labute approximate surface area is 209 Å². The lowest BCUT2D eigenvalue weighted by Gasteiger charge is -2.09. The Morgan fingerprint density at radius 2 is 1.79 bits per heavy atom. The van der Waals surface area contributed by atoms with Crippen molar-refractivity contribution in [2.75, 3.05) is 11.1 Å². The molecule has 2 aromatic heterocycles. The molecule has 170 valence electrons. The number of aromatic nitrogens is 4. The highest BCUT2D eigenvalue weighted by Crippen LogP contribution is 2.26. The zero-order valence-electron chi connectivity index (χ0n) is 17.5. The molecule has 33 heavy (non-hydrogen) atoms. The molecule has 2 aromatic carbocycles. The molecule has 0 radical (unpaired) electrons. The van der Waals surface area contributed by atoms with E-state index in [-0.39, 0.29) is 18.3 Å². The molecule has 0 aliphatic heterocycles. The van der Waals surface area contributed by atoms with E-state index in [0.717, 1.165) is 11.3 Å². The molecule has 11 heteroatoms. The van der Waals surface area contributed by atoms with E-state index < -0.39 is 0 Å². The van der Waals surface area contributed by atoms with Gasteiger partial charge in [-0.05, 0) is 43.3 Å². The van der Waals surface area contributed by atoms with Crippen molar-refractivity contribution < 1.29 is 9.53 Å². The first-order chi connectivity index (χ1) is 16.0. The lowest BCUT2D eigenvalue weighted by molar-refractivity contribution is -0.113. The Balaban J connectivity index is 1.32. The molecule has 0 saturated heterocycles. The van der Waals surface area contributed by atoms with Gasteiger partial charge in [0.05, 0.1) is 11.4 Å². The van der Waals surface area contributed by atoms with Crippen LogP contribution >= 0.6 is 46.3 Å². The van der Waals surface area contributed by atoms with E-state index in [4.69, 9.17) is 27.9 Å². The molecule has 1 N–H and O–H groups in total. The average molecular weight is 520 g/mol. The molecule has 0 spiro atoms. The standard InChI is InChI=1S/C22H19Cl2N5O2S2/c1-2-29-19(11-31-17-9-7-16(24)8-10-17)27-28-22(29)33-13-20(30)26-21-25-18(12-32-21)14-3-5-15(23)6-4-14/h3-10,12H,2,11,13H2,1H3,(H,25,26,30). The first-order valence-corrected chi connectivity index (χ1v) is 12.6. The number of benzene rings is 2. The number of hydrogen-bond donors (Lipinski definition) is 1. The van der Waals surface area contributed by atoms with Crippen molar-refractivity contribution in [3.05, 3.63) is 69.8 Å². The van der Waals surface area contributed by atoms with E-state index >= 15 is 0 Å². The van der Waals surface area contributed by atoms with Crippen molar-refractivity contribution >= 4 is 57.3 Å². The lowest BCUT2D eigenvalue weighted by Crippen LogP contribution is -2.14. The highest BCUT2D eigenvalue weighted by atomic mass is 35.5. The number of carbonyl (C=O) groups is 1. The molecule has 7 nitrogen and oxygen atoms in total. The summed E-state index contributed by atoms with van der Waals surface area (Å²) in [6.07, 6.45) is 0. The van der Waals surface area contributed by atoms with Gasteiger partial charge in [0, 0.05) is 27.5 Å². The second kappa shape index (κ2) is 11.0. The summed E-state index contributed by atoms with van der Waals surface area (Å²) < 4.78 is 7.69. The van der Waals surface area contributed by atoms with Gasteiger partial charge in [0.1, 0.15) is 12.4 Å². The molecule has 0 aliphatic carbocycles. The van der Waals surface area contributed by atoms with Gasteiger partial charge in [-0.3, -0.25) is 4.79 Å². The van der Waals surface area contributed by atoms with E-state index in [2.05, 4.69) is 20.5 Å². The number of thioether (sulfide) groups is 1. The third-order valence-electron chi connectivity index (χ3n) is 4.51. The third-order valence-corrected chi connectivity index (χ3v) is 6.74. The normalized spacial score (nSPS) is 10.9. The largest absolute Gasteiger partial charge is 0.486 e. The summed E-state index contributed by atoms with van der Waals surface area (Å²) in [6.45, 7) is 2.92. The maximum atomic E-state index is 12.4. The number of carbonyl (C=O) groups excluding carboxylic acids is 1. The predicted molar refractivity (Wildman–Crippen MR) is 133 cm³/mol. The molecule has 0 fully saturated rings. The van der Waals surface area contributed by atoms with Crippen LogP contribution in [0.4, 0.5) is 5.13 Å². The summed E-state index contributed by atoms with van der Waals surface area (Å²) in [5, 5.41) is 15.7. The topological polar surface area (TPSA) is 81.9 Å². The number of rotatable bonds is 9. The van der Waals surface area contributed by atoms with Gasteiger partial charge in [0.15, 0.2) is 16.1 Å².